The van der Waals surface area contributed by atoms with Crippen LogP contribution in [0.15, 0.2) is 24.3 Å². The van der Waals surface area contributed by atoms with Crippen LogP contribution >= 0.6 is 0 Å². The lowest BCUT2D eigenvalue weighted by Crippen LogP contribution is -2.26. The van der Waals surface area contributed by atoms with Crippen molar-refractivity contribution in [3.63, 3.8) is 0 Å². The first-order valence-corrected chi connectivity index (χ1v) is 14.7. The van der Waals surface area contributed by atoms with Crippen LogP contribution in [-0.2, 0) is 47.8 Å². The predicted octanol–water partition coefficient (Wildman–Crippen LogP) is 6.42. The van der Waals surface area contributed by atoms with Crippen LogP contribution in [0.2, 0.25) is 0 Å². The van der Waals surface area contributed by atoms with E-state index in [1.807, 2.05) is 26.0 Å². The number of carbonyl (C=O) groups excluding carboxylic acids is 2. The fourth-order valence-electron chi connectivity index (χ4n) is 5.44. The van der Waals surface area contributed by atoms with Crippen LogP contribution in [0.25, 0.3) is 0 Å². The summed E-state index contributed by atoms with van der Waals surface area (Å²) < 4.78 is 5.71. The molecule has 0 atom stereocenters. The van der Waals surface area contributed by atoms with E-state index in [4.69, 9.17) is 19.6 Å². The quantitative estimate of drug-likeness (QED) is 0.166. The number of aromatic hydroxyl groups is 2. The fraction of sp³-hybridized carbons (Fsp3) is 0.588. The lowest BCUT2D eigenvalue weighted by Gasteiger charge is -2.26. The van der Waals surface area contributed by atoms with E-state index < -0.39 is 11.6 Å². The number of aryl methyl sites for hydroxylation is 2. The highest BCUT2D eigenvalue weighted by Gasteiger charge is 2.48. The van der Waals surface area contributed by atoms with Gasteiger partial charge in [-0.3, -0.25) is 9.68 Å². The van der Waals surface area contributed by atoms with Crippen molar-refractivity contribution in [2.24, 2.45) is 0 Å². The molecule has 2 aromatic rings. The second-order valence-electron chi connectivity index (χ2n) is 13.2. The van der Waals surface area contributed by atoms with Crippen LogP contribution in [0.1, 0.15) is 108 Å². The number of aliphatic hydroxyl groups is 1. The topological polar surface area (TPSA) is 123 Å². The van der Waals surface area contributed by atoms with E-state index >= 15 is 0 Å². The van der Waals surface area contributed by atoms with Crippen LogP contribution in [0.4, 0.5) is 0 Å². The summed E-state index contributed by atoms with van der Waals surface area (Å²) in [6.07, 6.45) is 2.61. The van der Waals surface area contributed by atoms with Crippen LogP contribution in [0.3, 0.4) is 0 Å². The average molecular weight is 587 g/mol. The average Bonchev–Trinajstić information content (AvgIpc) is 3.63. The number of hydrogen-bond donors (Lipinski definition) is 3. The van der Waals surface area contributed by atoms with E-state index in [0.717, 1.165) is 33.4 Å². The van der Waals surface area contributed by atoms with Crippen molar-refractivity contribution in [3.05, 3.63) is 57.6 Å². The van der Waals surface area contributed by atoms with E-state index in [2.05, 4.69) is 41.5 Å². The minimum atomic E-state index is -0.747. The zero-order chi connectivity index (χ0) is 31.9. The summed E-state index contributed by atoms with van der Waals surface area (Å²) in [5, 5.41) is 27.8. The number of rotatable bonds is 10. The minimum absolute atomic E-state index is 0.00158. The van der Waals surface area contributed by atoms with Gasteiger partial charge in [0.05, 0.1) is 6.42 Å². The molecule has 234 valence electrons. The highest BCUT2D eigenvalue weighted by Crippen LogP contribution is 2.41. The molecule has 0 radical (unpaired) electrons. The maximum atomic E-state index is 12.7. The molecule has 3 rings (SSSR count). The van der Waals surface area contributed by atoms with Crippen molar-refractivity contribution in [2.75, 3.05) is 13.2 Å². The Morgan fingerprint density at radius 1 is 0.786 bits per heavy atom. The lowest BCUT2D eigenvalue weighted by molar-refractivity contribution is -0.285. The zero-order valence-corrected chi connectivity index (χ0v) is 26.8. The van der Waals surface area contributed by atoms with E-state index in [0.29, 0.717) is 25.7 Å². The number of esters is 1. The monoisotopic (exact) mass is 586 g/mol. The number of hydrogen-bond acceptors (Lipinski definition) is 8. The Morgan fingerprint density at radius 3 is 1.57 bits per heavy atom. The molecule has 0 amide bonds. The number of phenolic OH excluding ortho intramolecular Hbond substituents is 2. The van der Waals surface area contributed by atoms with Gasteiger partial charge >= 0.3 is 11.9 Å². The first kappa shape index (κ1) is 35.1. The Labute approximate surface area is 250 Å². The van der Waals surface area contributed by atoms with Crippen molar-refractivity contribution >= 4 is 11.9 Å². The van der Waals surface area contributed by atoms with E-state index in [-0.39, 0.29) is 54.4 Å². The van der Waals surface area contributed by atoms with Crippen molar-refractivity contribution in [1.29, 1.82) is 0 Å². The van der Waals surface area contributed by atoms with Gasteiger partial charge in [0.15, 0.2) is 0 Å². The summed E-state index contributed by atoms with van der Waals surface area (Å²) in [7, 11) is 0. The van der Waals surface area contributed by atoms with Gasteiger partial charge in [0.25, 0.3) is 0 Å². The fourth-order valence-corrected chi connectivity index (χ4v) is 5.44. The van der Waals surface area contributed by atoms with Crippen LogP contribution < -0.4 is 0 Å². The zero-order valence-electron chi connectivity index (χ0n) is 26.8. The Balaban J connectivity index is 0.00000197. The molecule has 1 aliphatic rings. The van der Waals surface area contributed by atoms with Crippen LogP contribution in [0, 0.1) is 13.8 Å². The molecular formula is C34H50O8. The van der Waals surface area contributed by atoms with E-state index in [1.165, 1.54) is 0 Å². The van der Waals surface area contributed by atoms with Gasteiger partial charge in [-0.2, -0.15) is 4.89 Å². The number of aliphatic hydroxyl groups excluding tert-OH is 1. The molecule has 0 saturated heterocycles. The van der Waals surface area contributed by atoms with E-state index in [9.17, 15) is 19.8 Å². The van der Waals surface area contributed by atoms with Crippen molar-refractivity contribution in [1.82, 2.24) is 0 Å². The molecule has 0 unspecified atom stereocenters. The normalized spacial score (nSPS) is 14.0. The molecule has 42 heavy (non-hydrogen) atoms. The Morgan fingerprint density at radius 2 is 1.19 bits per heavy atom. The highest BCUT2D eigenvalue weighted by molar-refractivity contribution is 5.71. The van der Waals surface area contributed by atoms with Crippen molar-refractivity contribution < 1.29 is 39.4 Å². The largest absolute Gasteiger partial charge is 0.508 e. The first-order valence-electron chi connectivity index (χ1n) is 14.7. The van der Waals surface area contributed by atoms with Gasteiger partial charge in [-0.1, -0.05) is 53.7 Å². The van der Waals surface area contributed by atoms with Gasteiger partial charge in [-0.05, 0) is 103 Å². The molecule has 1 saturated carbocycles. The molecule has 0 spiro atoms. The lowest BCUT2D eigenvalue weighted by atomic mass is 9.79. The maximum absolute atomic E-state index is 12.7. The first-order chi connectivity index (χ1) is 19.5. The number of ether oxygens (including phenoxy) is 1. The van der Waals surface area contributed by atoms with Crippen LogP contribution in [0.5, 0.6) is 11.5 Å². The molecule has 1 aliphatic carbocycles. The van der Waals surface area contributed by atoms with Crippen molar-refractivity contribution in [2.45, 2.75) is 117 Å². The molecular weight excluding hydrogens is 536 g/mol. The Hall–Kier alpha value is -3.10. The maximum Gasteiger partial charge on any atom is 0.342 e. The second kappa shape index (κ2) is 14.4. The van der Waals surface area contributed by atoms with Gasteiger partial charge in [0.2, 0.25) is 0 Å². The van der Waals surface area contributed by atoms with Gasteiger partial charge in [0, 0.05) is 13.0 Å². The third kappa shape index (κ3) is 9.73. The number of benzene rings is 2. The molecule has 0 aliphatic heterocycles. The molecule has 0 aromatic heterocycles. The molecule has 8 nitrogen and oxygen atoms in total. The summed E-state index contributed by atoms with van der Waals surface area (Å²) in [4.78, 5) is 35.2. The SMILES string of the molecule is CCO.Cc1c(O)ccc(CCC(=O)OOCC2(OC(=O)CCc3ccc(O)c(C)c3C(C)(C)C)CC2)c1C(C)(C)C. The molecule has 1 fully saturated rings. The van der Waals surface area contributed by atoms with Crippen LogP contribution in [-0.4, -0.2) is 46.1 Å². The summed E-state index contributed by atoms with van der Waals surface area (Å²) in [6, 6.07) is 7.04. The highest BCUT2D eigenvalue weighted by atomic mass is 17.2. The minimum Gasteiger partial charge on any atom is -0.508 e. The van der Waals surface area contributed by atoms with Gasteiger partial charge in [0.1, 0.15) is 23.7 Å². The number of phenols is 2. The summed E-state index contributed by atoms with van der Waals surface area (Å²) >= 11 is 0. The third-order valence-electron chi connectivity index (χ3n) is 7.35. The Bertz CT molecular complexity index is 1230. The second-order valence-corrected chi connectivity index (χ2v) is 13.2. The van der Waals surface area contributed by atoms with Gasteiger partial charge < -0.3 is 20.1 Å². The molecule has 2 aromatic carbocycles. The Kier molecular flexibility index (Phi) is 12.0. The third-order valence-corrected chi connectivity index (χ3v) is 7.35. The standard InChI is InChI=1S/C32H44O7.C2H6O/c1-20-24(33)13-9-22(28(20)30(3,4)5)11-15-26(35)38-32(17-18-32)19-37-39-27(36)16-12-23-10-14-25(34)21(2)29(23)31(6,7)8;1-2-3/h9-10,13-14,33-34H,11-12,15-19H2,1-8H3;3H,2H2,1H3. The molecule has 3 N–H and O–H groups in total. The number of carbonyl (C=O) groups is 2. The smallest absolute Gasteiger partial charge is 0.342 e. The predicted molar refractivity (Wildman–Crippen MR) is 163 cm³/mol. The van der Waals surface area contributed by atoms with Crippen molar-refractivity contribution in [3.8, 4) is 11.5 Å². The summed E-state index contributed by atoms with van der Waals surface area (Å²) in [6.45, 7) is 18.2. The molecule has 0 bridgehead atoms. The van der Waals surface area contributed by atoms with E-state index in [1.54, 1.807) is 19.1 Å². The van der Waals surface area contributed by atoms with Gasteiger partial charge in [-0.25, -0.2) is 4.79 Å². The van der Waals surface area contributed by atoms with Gasteiger partial charge in [-0.15, -0.1) is 0 Å². The molecule has 8 heteroatoms. The summed E-state index contributed by atoms with van der Waals surface area (Å²) in [5.74, 6) is -0.333. The summed E-state index contributed by atoms with van der Waals surface area (Å²) in [5.41, 5.74) is 4.62. The molecule has 0 heterocycles.